The molecular formula is C23H15Cl2FN2O3. The lowest BCUT2D eigenvalue weighted by Gasteiger charge is -2.29. The maximum atomic E-state index is 13.5. The van der Waals surface area contributed by atoms with Crippen molar-refractivity contribution in [3.63, 3.8) is 0 Å². The summed E-state index contributed by atoms with van der Waals surface area (Å²) in [5.41, 5.74) is 1.59. The molecule has 3 aromatic rings. The molecule has 0 spiro atoms. The lowest BCUT2D eigenvalue weighted by atomic mass is 9.90. The fraction of sp³-hybridized carbons (Fsp3) is 0.130. The van der Waals surface area contributed by atoms with E-state index in [0.717, 1.165) is 4.90 Å². The minimum Gasteiger partial charge on any atom is -0.273 e. The average molecular weight is 457 g/mol. The summed E-state index contributed by atoms with van der Waals surface area (Å²) in [6.07, 6.45) is -1.03. The first-order valence-corrected chi connectivity index (χ1v) is 10.3. The molecule has 2 saturated heterocycles. The molecule has 2 aliphatic rings. The lowest BCUT2D eigenvalue weighted by Crippen LogP contribution is -2.37. The zero-order valence-electron chi connectivity index (χ0n) is 15.9. The van der Waals surface area contributed by atoms with E-state index in [2.05, 4.69) is 0 Å². The second-order valence-corrected chi connectivity index (χ2v) is 8.16. The molecule has 156 valence electrons. The molecule has 0 N–H and O–H groups in total. The Balaban J connectivity index is 1.61. The number of carbonyl (C=O) groups excluding carboxylic acids is 2. The number of hydrogen-bond acceptors (Lipinski definition) is 4. The molecule has 0 aliphatic carbocycles. The molecule has 3 aromatic carbocycles. The second kappa shape index (κ2) is 7.64. The zero-order valence-corrected chi connectivity index (χ0v) is 17.4. The molecule has 3 atom stereocenters. The smallest absolute Gasteiger partial charge is 0.266 e. The predicted molar refractivity (Wildman–Crippen MR) is 115 cm³/mol. The van der Waals surface area contributed by atoms with E-state index in [1.54, 1.807) is 23.3 Å². The Morgan fingerprint density at radius 2 is 1.55 bits per heavy atom. The van der Waals surface area contributed by atoms with Gasteiger partial charge in [-0.05, 0) is 54.1 Å². The summed E-state index contributed by atoms with van der Waals surface area (Å²) in [4.78, 5) is 33.7. The van der Waals surface area contributed by atoms with Gasteiger partial charge in [-0.3, -0.25) is 14.4 Å². The van der Waals surface area contributed by atoms with Gasteiger partial charge in [0, 0.05) is 10.0 Å². The van der Waals surface area contributed by atoms with Gasteiger partial charge >= 0.3 is 0 Å². The van der Waals surface area contributed by atoms with Crippen LogP contribution < -0.4 is 9.96 Å². The highest BCUT2D eigenvalue weighted by molar-refractivity contribution is 6.35. The molecule has 2 aliphatic heterocycles. The topological polar surface area (TPSA) is 49.9 Å². The number of anilines is 2. The van der Waals surface area contributed by atoms with Gasteiger partial charge < -0.3 is 0 Å². The molecule has 2 fully saturated rings. The Bertz CT molecular complexity index is 1170. The molecule has 5 nitrogen and oxygen atoms in total. The molecule has 0 bridgehead atoms. The Kier molecular flexibility index (Phi) is 4.93. The molecule has 31 heavy (non-hydrogen) atoms. The van der Waals surface area contributed by atoms with Gasteiger partial charge in [-0.1, -0.05) is 47.5 Å². The zero-order chi connectivity index (χ0) is 21.7. The normalized spacial score (nSPS) is 22.9. The third-order valence-corrected chi connectivity index (χ3v) is 6.05. The first-order valence-electron chi connectivity index (χ1n) is 9.55. The van der Waals surface area contributed by atoms with Crippen molar-refractivity contribution in [3.05, 3.63) is 94.2 Å². The van der Waals surface area contributed by atoms with Crippen LogP contribution >= 0.6 is 23.2 Å². The molecule has 8 heteroatoms. The number of carbonyl (C=O) groups is 2. The van der Waals surface area contributed by atoms with Crippen LogP contribution in [0.4, 0.5) is 15.8 Å². The number of halogens is 3. The number of benzene rings is 3. The Labute approximate surface area is 187 Å². The Morgan fingerprint density at radius 1 is 0.839 bits per heavy atom. The van der Waals surface area contributed by atoms with Gasteiger partial charge in [-0.2, -0.15) is 0 Å². The molecule has 0 aromatic heterocycles. The van der Waals surface area contributed by atoms with E-state index in [-0.39, 0.29) is 0 Å². The van der Waals surface area contributed by atoms with Gasteiger partial charge in [0.2, 0.25) is 5.91 Å². The van der Waals surface area contributed by atoms with Crippen molar-refractivity contribution >= 4 is 46.4 Å². The summed E-state index contributed by atoms with van der Waals surface area (Å²) in [7, 11) is 0. The maximum absolute atomic E-state index is 13.5. The summed E-state index contributed by atoms with van der Waals surface area (Å²) in [5.74, 6) is -2.23. The number of nitrogens with zero attached hydrogens (tertiary/aromatic N) is 2. The predicted octanol–water partition coefficient (Wildman–Crippen LogP) is 5.18. The number of rotatable bonds is 3. The van der Waals surface area contributed by atoms with Crippen LogP contribution in [0.5, 0.6) is 0 Å². The third kappa shape index (κ3) is 3.28. The van der Waals surface area contributed by atoms with E-state index in [1.165, 1.54) is 24.3 Å². The number of fused-ring (bicyclic) bond motifs is 1. The van der Waals surface area contributed by atoms with E-state index >= 15 is 0 Å². The fourth-order valence-electron chi connectivity index (χ4n) is 4.12. The summed E-state index contributed by atoms with van der Waals surface area (Å²) >= 11 is 12.6. The molecule has 0 radical (unpaired) electrons. The van der Waals surface area contributed by atoms with Gasteiger partial charge in [0.05, 0.1) is 17.4 Å². The van der Waals surface area contributed by atoms with Crippen LogP contribution in [0.3, 0.4) is 0 Å². The van der Waals surface area contributed by atoms with Crippen molar-refractivity contribution in [2.75, 3.05) is 9.96 Å². The Morgan fingerprint density at radius 3 is 2.23 bits per heavy atom. The highest BCUT2D eigenvalue weighted by Gasteiger charge is 2.60. The van der Waals surface area contributed by atoms with E-state index in [9.17, 15) is 14.0 Å². The van der Waals surface area contributed by atoms with Crippen molar-refractivity contribution in [1.82, 2.24) is 0 Å². The van der Waals surface area contributed by atoms with Crippen molar-refractivity contribution < 1.29 is 18.8 Å². The number of hydrogen-bond donors (Lipinski definition) is 0. The monoisotopic (exact) mass is 456 g/mol. The van der Waals surface area contributed by atoms with Gasteiger partial charge in [-0.15, -0.1) is 0 Å². The van der Waals surface area contributed by atoms with Crippen LogP contribution in [-0.4, -0.2) is 17.9 Å². The maximum Gasteiger partial charge on any atom is 0.266 e. The van der Waals surface area contributed by atoms with Crippen molar-refractivity contribution in [1.29, 1.82) is 0 Å². The molecule has 3 unspecified atom stereocenters. The van der Waals surface area contributed by atoms with E-state index in [1.807, 2.05) is 30.3 Å². The van der Waals surface area contributed by atoms with Gasteiger partial charge in [0.1, 0.15) is 11.7 Å². The van der Waals surface area contributed by atoms with Crippen molar-refractivity contribution in [2.45, 2.75) is 12.1 Å². The lowest BCUT2D eigenvalue weighted by molar-refractivity contribution is -0.126. The molecule has 2 heterocycles. The Hall–Kier alpha value is -2.93. The number of hydroxylamine groups is 1. The van der Waals surface area contributed by atoms with Crippen LogP contribution in [0.25, 0.3) is 0 Å². The van der Waals surface area contributed by atoms with Crippen molar-refractivity contribution in [2.24, 2.45) is 5.92 Å². The van der Waals surface area contributed by atoms with E-state index in [4.69, 9.17) is 28.0 Å². The van der Waals surface area contributed by atoms with Crippen molar-refractivity contribution in [3.8, 4) is 0 Å². The molecule has 5 rings (SSSR count). The standard InChI is InChI=1S/C23H15Cl2FN2O3/c24-13-6-11-17(18(25)12-13)20-19-21(31-28(20)16-4-2-1-3-5-16)23(30)27(22(19)29)15-9-7-14(26)8-10-15/h1-12,19-21H. The fourth-order valence-corrected chi connectivity index (χ4v) is 4.64. The van der Waals surface area contributed by atoms with E-state index < -0.39 is 35.7 Å². The average Bonchev–Trinajstić information content (AvgIpc) is 3.26. The van der Waals surface area contributed by atoms with Crippen LogP contribution in [0.1, 0.15) is 11.6 Å². The molecule has 0 saturated carbocycles. The number of imide groups is 1. The summed E-state index contributed by atoms with van der Waals surface area (Å²) in [6, 6.07) is 18.7. The molecule has 2 amide bonds. The largest absolute Gasteiger partial charge is 0.273 e. The summed E-state index contributed by atoms with van der Waals surface area (Å²) < 4.78 is 13.4. The minimum atomic E-state index is -1.03. The van der Waals surface area contributed by atoms with Gasteiger partial charge in [0.15, 0.2) is 6.10 Å². The van der Waals surface area contributed by atoms with Crippen LogP contribution in [-0.2, 0) is 14.4 Å². The van der Waals surface area contributed by atoms with Crippen LogP contribution in [0.15, 0.2) is 72.8 Å². The SMILES string of the molecule is O=C1C2ON(c3ccccc3)C(c3ccc(Cl)cc3Cl)C2C(=O)N1c1ccc(F)cc1. The third-order valence-electron chi connectivity index (χ3n) is 5.49. The highest BCUT2D eigenvalue weighted by atomic mass is 35.5. The first-order chi connectivity index (χ1) is 15.0. The summed E-state index contributed by atoms with van der Waals surface area (Å²) in [5, 5.41) is 2.38. The quantitative estimate of drug-likeness (QED) is 0.509. The van der Waals surface area contributed by atoms with Crippen LogP contribution in [0.2, 0.25) is 10.0 Å². The second-order valence-electron chi connectivity index (χ2n) is 7.31. The van der Waals surface area contributed by atoms with Crippen LogP contribution in [0, 0.1) is 11.7 Å². The summed E-state index contributed by atoms with van der Waals surface area (Å²) in [6.45, 7) is 0. The van der Waals surface area contributed by atoms with Gasteiger partial charge in [-0.25, -0.2) is 14.4 Å². The highest BCUT2D eigenvalue weighted by Crippen LogP contribution is 2.49. The number of para-hydroxylation sites is 1. The van der Waals surface area contributed by atoms with Gasteiger partial charge in [0.25, 0.3) is 5.91 Å². The number of amides is 2. The van der Waals surface area contributed by atoms with E-state index in [0.29, 0.717) is 27.0 Å². The first kappa shape index (κ1) is 20.0. The minimum absolute atomic E-state index is 0.293. The molecular weight excluding hydrogens is 442 g/mol.